The highest BCUT2D eigenvalue weighted by atomic mass is 79.9. The average molecular weight is 215 g/mol. The molecule has 0 aromatic heterocycles. The second kappa shape index (κ2) is 2.74. The first kappa shape index (κ1) is 8.40. The Hall–Kier alpha value is 0.300. The van der Waals surface area contributed by atoms with Crippen molar-refractivity contribution in [2.75, 3.05) is 5.33 Å². The maximum absolute atomic E-state index is 11.9. The van der Waals surface area contributed by atoms with Gasteiger partial charge in [-0.15, -0.1) is 0 Å². The average Bonchev–Trinajstić information content (AvgIpc) is 1.80. The minimum absolute atomic E-state index is 0.232. The van der Waals surface area contributed by atoms with Crippen LogP contribution in [0, 0.1) is 5.92 Å². The fraction of sp³-hybridized carbons (Fsp3) is 1.00. The van der Waals surface area contributed by atoms with Crippen LogP contribution in [-0.2, 0) is 0 Å². The molecule has 0 unspecified atom stereocenters. The van der Waals surface area contributed by atoms with Gasteiger partial charge in [-0.1, -0.05) is 15.9 Å². The Morgan fingerprint density at radius 2 is 2.10 bits per heavy atom. The van der Waals surface area contributed by atoms with Gasteiger partial charge >= 0.3 is 0 Å². The zero-order valence-electron chi connectivity index (χ0n) is 5.36. The highest BCUT2D eigenvalue weighted by Crippen LogP contribution is 2.42. The van der Waals surface area contributed by atoms with Crippen LogP contribution in [0.2, 0.25) is 0 Å². The van der Waals surface area contributed by atoms with E-state index < -0.39 is 12.0 Å². The van der Waals surface area contributed by atoms with Gasteiger partial charge in [0.15, 0.2) is 0 Å². The molecule has 1 fully saturated rings. The molecule has 0 aromatic rings. The van der Waals surface area contributed by atoms with E-state index in [1.807, 2.05) is 0 Å². The normalized spacial score (nSPS) is 39.9. The highest BCUT2D eigenvalue weighted by molar-refractivity contribution is 9.09. The van der Waals surface area contributed by atoms with E-state index in [0.717, 1.165) is 0 Å². The summed E-state index contributed by atoms with van der Waals surface area (Å²) in [5.74, 6) is 0.235. The second-order valence-electron chi connectivity index (χ2n) is 2.83. The number of rotatable bonds is 2. The van der Waals surface area contributed by atoms with Gasteiger partial charge in [-0.05, 0) is 18.8 Å². The van der Waals surface area contributed by atoms with Crippen molar-refractivity contribution in [2.45, 2.75) is 24.9 Å². The molecule has 0 bridgehead atoms. The van der Waals surface area contributed by atoms with Gasteiger partial charge in [0.25, 0.3) is 6.43 Å². The summed E-state index contributed by atoms with van der Waals surface area (Å²) in [6.45, 7) is 0. The summed E-state index contributed by atoms with van der Waals surface area (Å²) in [6, 6.07) is 0. The first-order valence-electron chi connectivity index (χ1n) is 3.15. The van der Waals surface area contributed by atoms with Gasteiger partial charge < -0.3 is 5.11 Å². The van der Waals surface area contributed by atoms with E-state index in [0.29, 0.717) is 5.33 Å². The predicted molar refractivity (Wildman–Crippen MR) is 37.5 cm³/mol. The Morgan fingerprint density at radius 3 is 2.40 bits per heavy atom. The zero-order chi connectivity index (χ0) is 7.78. The lowest BCUT2D eigenvalue weighted by Gasteiger charge is -2.42. The van der Waals surface area contributed by atoms with Gasteiger partial charge in [0.2, 0.25) is 0 Å². The van der Waals surface area contributed by atoms with Crippen LogP contribution in [-0.4, -0.2) is 22.5 Å². The van der Waals surface area contributed by atoms with E-state index in [9.17, 15) is 8.78 Å². The Labute approximate surface area is 66.6 Å². The Balaban J connectivity index is 2.34. The lowest BCUT2D eigenvalue weighted by molar-refractivity contribution is -0.163. The van der Waals surface area contributed by atoms with Crippen LogP contribution in [0.3, 0.4) is 0 Å². The summed E-state index contributed by atoms with van der Waals surface area (Å²) in [7, 11) is 0. The number of hydrogen-bond donors (Lipinski definition) is 1. The van der Waals surface area contributed by atoms with Crippen LogP contribution in [0.15, 0.2) is 0 Å². The number of halogens is 3. The lowest BCUT2D eigenvalue weighted by Crippen LogP contribution is -2.50. The van der Waals surface area contributed by atoms with Crippen molar-refractivity contribution in [1.29, 1.82) is 0 Å². The molecule has 1 N–H and O–H groups in total. The van der Waals surface area contributed by atoms with Gasteiger partial charge in [-0.3, -0.25) is 0 Å². The largest absolute Gasteiger partial charge is 0.384 e. The minimum Gasteiger partial charge on any atom is -0.384 e. The van der Waals surface area contributed by atoms with E-state index in [2.05, 4.69) is 15.9 Å². The number of hydrogen-bond acceptors (Lipinski definition) is 1. The van der Waals surface area contributed by atoms with Crippen LogP contribution in [0.5, 0.6) is 0 Å². The molecule has 0 aromatic carbocycles. The summed E-state index contributed by atoms with van der Waals surface area (Å²) < 4.78 is 23.8. The molecule has 0 atom stereocenters. The standard InChI is InChI=1S/C6H9BrF2O/c7-3-4-1-6(10,2-4)5(8)9/h4-5,10H,1-3H2. The maximum atomic E-state index is 11.9. The summed E-state index contributed by atoms with van der Waals surface area (Å²) in [5.41, 5.74) is -1.67. The molecule has 0 amide bonds. The van der Waals surface area contributed by atoms with Gasteiger partial charge in [-0.2, -0.15) is 0 Å². The molecule has 0 saturated heterocycles. The van der Waals surface area contributed by atoms with Crippen molar-refractivity contribution in [1.82, 2.24) is 0 Å². The van der Waals surface area contributed by atoms with Crippen LogP contribution in [0.4, 0.5) is 8.78 Å². The van der Waals surface area contributed by atoms with Crippen molar-refractivity contribution in [2.24, 2.45) is 5.92 Å². The second-order valence-corrected chi connectivity index (χ2v) is 3.48. The first-order valence-corrected chi connectivity index (χ1v) is 4.27. The summed E-state index contributed by atoms with van der Waals surface area (Å²) >= 11 is 3.17. The van der Waals surface area contributed by atoms with Gasteiger partial charge in [-0.25, -0.2) is 8.78 Å². The Bertz CT molecular complexity index is 123. The summed E-state index contributed by atoms with van der Waals surface area (Å²) in [5, 5.41) is 9.73. The van der Waals surface area contributed by atoms with Crippen LogP contribution in [0.25, 0.3) is 0 Å². The minimum atomic E-state index is -2.58. The molecular formula is C6H9BrF2O. The quantitative estimate of drug-likeness (QED) is 0.696. The zero-order valence-corrected chi connectivity index (χ0v) is 6.94. The van der Waals surface area contributed by atoms with Gasteiger partial charge in [0.1, 0.15) is 5.60 Å². The third-order valence-corrected chi connectivity index (χ3v) is 2.82. The molecule has 0 spiro atoms. The van der Waals surface area contributed by atoms with Crippen molar-refractivity contribution in [3.8, 4) is 0 Å². The smallest absolute Gasteiger partial charge is 0.266 e. The van der Waals surface area contributed by atoms with Crippen LogP contribution < -0.4 is 0 Å². The fourth-order valence-corrected chi connectivity index (χ4v) is 1.69. The molecule has 0 aliphatic heterocycles. The highest BCUT2D eigenvalue weighted by Gasteiger charge is 2.49. The Morgan fingerprint density at radius 1 is 1.60 bits per heavy atom. The molecule has 1 aliphatic carbocycles. The third-order valence-electron chi connectivity index (χ3n) is 1.91. The maximum Gasteiger partial charge on any atom is 0.266 e. The molecule has 1 rings (SSSR count). The number of aliphatic hydroxyl groups is 1. The van der Waals surface area contributed by atoms with Gasteiger partial charge in [0.05, 0.1) is 0 Å². The van der Waals surface area contributed by atoms with Crippen LogP contribution >= 0.6 is 15.9 Å². The fourth-order valence-electron chi connectivity index (χ4n) is 1.23. The molecule has 0 radical (unpaired) electrons. The predicted octanol–water partition coefficient (Wildman–Crippen LogP) is 1.79. The SMILES string of the molecule is OC1(C(F)F)CC(CBr)C1. The molecular weight excluding hydrogens is 206 g/mol. The lowest BCUT2D eigenvalue weighted by atomic mass is 9.72. The van der Waals surface area contributed by atoms with Crippen LogP contribution in [0.1, 0.15) is 12.8 Å². The summed E-state index contributed by atoms with van der Waals surface area (Å²) in [6.07, 6.45) is -2.12. The summed E-state index contributed by atoms with van der Waals surface area (Å²) in [4.78, 5) is 0. The third kappa shape index (κ3) is 1.32. The van der Waals surface area contributed by atoms with E-state index in [4.69, 9.17) is 5.11 Å². The van der Waals surface area contributed by atoms with Gasteiger partial charge in [0, 0.05) is 5.33 Å². The molecule has 60 valence electrons. The molecule has 0 heterocycles. The van der Waals surface area contributed by atoms with E-state index >= 15 is 0 Å². The van der Waals surface area contributed by atoms with Crippen molar-refractivity contribution in [3.63, 3.8) is 0 Å². The molecule has 10 heavy (non-hydrogen) atoms. The topological polar surface area (TPSA) is 20.2 Å². The van der Waals surface area contributed by atoms with Crippen molar-refractivity contribution in [3.05, 3.63) is 0 Å². The first-order chi connectivity index (χ1) is 4.58. The van der Waals surface area contributed by atoms with E-state index in [1.54, 1.807) is 0 Å². The molecule has 1 aliphatic rings. The van der Waals surface area contributed by atoms with E-state index in [1.165, 1.54) is 0 Å². The molecule has 1 nitrogen and oxygen atoms in total. The molecule has 1 saturated carbocycles. The monoisotopic (exact) mass is 214 g/mol. The van der Waals surface area contributed by atoms with Crippen molar-refractivity contribution < 1.29 is 13.9 Å². The van der Waals surface area contributed by atoms with E-state index in [-0.39, 0.29) is 18.8 Å². The Kier molecular flexibility index (Phi) is 2.30. The van der Waals surface area contributed by atoms with Crippen molar-refractivity contribution >= 4 is 15.9 Å². The number of alkyl halides is 3. The molecule has 4 heteroatoms.